The molecule has 18 heavy (non-hydrogen) atoms. The number of hydrogen-bond acceptors (Lipinski definition) is 5. The number of rotatable bonds is 2. The summed E-state index contributed by atoms with van der Waals surface area (Å²) in [5, 5.41) is 4.98. The van der Waals surface area contributed by atoms with E-state index in [1.54, 1.807) is 0 Å². The Morgan fingerprint density at radius 1 is 1.44 bits per heavy atom. The van der Waals surface area contributed by atoms with Crippen LogP contribution >= 0.6 is 11.6 Å². The first-order valence-electron chi connectivity index (χ1n) is 5.41. The predicted molar refractivity (Wildman–Crippen MR) is 66.2 cm³/mol. The van der Waals surface area contributed by atoms with Gasteiger partial charge in [0.25, 0.3) is 0 Å². The highest BCUT2D eigenvalue weighted by atomic mass is 35.5. The third kappa shape index (κ3) is 2.76. The number of halogens is 1. The van der Waals surface area contributed by atoms with Gasteiger partial charge in [-0.05, 0) is 20.8 Å². The maximum Gasteiger partial charge on any atom is 0.328 e. The molecule has 2 heterocycles. The molecular weight excluding hydrogens is 256 g/mol. The summed E-state index contributed by atoms with van der Waals surface area (Å²) in [5.74, 6) is -0.373. The zero-order chi connectivity index (χ0) is 13.3. The maximum absolute atomic E-state index is 11.7. The Hall–Kier alpha value is -1.69. The number of fused-ring (bicyclic) bond motifs is 1. The van der Waals surface area contributed by atoms with Crippen LogP contribution in [0.5, 0.6) is 0 Å². The smallest absolute Gasteiger partial charge is 0.328 e. The van der Waals surface area contributed by atoms with E-state index in [4.69, 9.17) is 16.3 Å². The Morgan fingerprint density at radius 3 is 2.83 bits per heavy atom. The van der Waals surface area contributed by atoms with Crippen molar-refractivity contribution in [1.82, 2.24) is 19.7 Å². The molecule has 6 nitrogen and oxygen atoms in total. The molecule has 0 N–H and O–H groups in total. The monoisotopic (exact) mass is 268 g/mol. The van der Waals surface area contributed by atoms with Crippen molar-refractivity contribution in [2.75, 3.05) is 0 Å². The van der Waals surface area contributed by atoms with Crippen molar-refractivity contribution in [2.45, 2.75) is 32.9 Å². The lowest BCUT2D eigenvalue weighted by Crippen LogP contribution is -2.26. The van der Waals surface area contributed by atoms with Crippen LogP contribution in [0.25, 0.3) is 11.0 Å². The standard InChI is InChI=1S/C11H13ClN4O2/c1-11(2,3)18-8(17)5-16-10-7(4-15-16)9(12)13-6-14-10/h4,6H,5H2,1-3H3. The normalized spacial score (nSPS) is 11.8. The second-order valence-electron chi connectivity index (χ2n) is 4.79. The van der Waals surface area contributed by atoms with Crippen LogP contribution in [0.2, 0.25) is 5.15 Å². The van der Waals surface area contributed by atoms with Crippen LogP contribution in [0.1, 0.15) is 20.8 Å². The average Bonchev–Trinajstić information content (AvgIpc) is 2.60. The van der Waals surface area contributed by atoms with Crippen LogP contribution < -0.4 is 0 Å². The van der Waals surface area contributed by atoms with Gasteiger partial charge in [-0.25, -0.2) is 14.6 Å². The molecule has 0 fully saturated rings. The number of nitrogens with zero attached hydrogens (tertiary/aromatic N) is 4. The summed E-state index contributed by atoms with van der Waals surface area (Å²) in [4.78, 5) is 19.6. The molecule has 2 aromatic rings. The number of aromatic nitrogens is 4. The van der Waals surface area contributed by atoms with Gasteiger partial charge >= 0.3 is 5.97 Å². The first-order chi connectivity index (χ1) is 8.37. The van der Waals surface area contributed by atoms with E-state index in [0.717, 1.165) is 0 Å². The lowest BCUT2D eigenvalue weighted by atomic mass is 10.2. The highest BCUT2D eigenvalue weighted by Crippen LogP contribution is 2.18. The predicted octanol–water partition coefficient (Wildman–Crippen LogP) is 1.82. The molecule has 0 aliphatic rings. The largest absolute Gasteiger partial charge is 0.459 e. The minimum absolute atomic E-state index is 0.00584. The summed E-state index contributed by atoms with van der Waals surface area (Å²) >= 11 is 5.89. The van der Waals surface area contributed by atoms with Gasteiger partial charge in [-0.2, -0.15) is 5.10 Å². The minimum atomic E-state index is -0.521. The van der Waals surface area contributed by atoms with Gasteiger partial charge < -0.3 is 4.74 Å². The molecule has 0 spiro atoms. The van der Waals surface area contributed by atoms with E-state index in [1.807, 2.05) is 20.8 Å². The Bertz CT molecular complexity index is 588. The number of hydrogen-bond donors (Lipinski definition) is 0. The van der Waals surface area contributed by atoms with Crippen LogP contribution in [0.15, 0.2) is 12.5 Å². The van der Waals surface area contributed by atoms with Crippen LogP contribution in [0, 0.1) is 0 Å². The highest BCUT2D eigenvalue weighted by Gasteiger charge is 2.18. The molecule has 0 aromatic carbocycles. The van der Waals surface area contributed by atoms with E-state index < -0.39 is 5.60 Å². The van der Waals surface area contributed by atoms with Crippen molar-refractivity contribution in [3.05, 3.63) is 17.7 Å². The second-order valence-corrected chi connectivity index (χ2v) is 5.15. The molecule has 0 amide bonds. The first-order valence-corrected chi connectivity index (χ1v) is 5.78. The summed E-state index contributed by atoms with van der Waals surface area (Å²) in [6.07, 6.45) is 2.86. The summed E-state index contributed by atoms with van der Waals surface area (Å²) < 4.78 is 6.66. The fourth-order valence-corrected chi connectivity index (χ4v) is 1.65. The molecule has 0 saturated heterocycles. The van der Waals surface area contributed by atoms with Gasteiger partial charge in [0.05, 0.1) is 11.6 Å². The molecule has 0 bridgehead atoms. The lowest BCUT2D eigenvalue weighted by molar-refractivity contribution is -0.155. The Kier molecular flexibility index (Phi) is 3.21. The third-order valence-corrected chi connectivity index (χ3v) is 2.39. The maximum atomic E-state index is 11.7. The molecule has 2 aromatic heterocycles. The lowest BCUT2D eigenvalue weighted by Gasteiger charge is -2.19. The van der Waals surface area contributed by atoms with E-state index in [9.17, 15) is 4.79 Å². The molecule has 96 valence electrons. The molecule has 0 atom stereocenters. The Balaban J connectivity index is 2.23. The molecule has 0 aliphatic heterocycles. The average molecular weight is 269 g/mol. The van der Waals surface area contributed by atoms with Gasteiger partial charge in [0.2, 0.25) is 0 Å². The minimum Gasteiger partial charge on any atom is -0.459 e. The van der Waals surface area contributed by atoms with Gasteiger partial charge in [-0.1, -0.05) is 11.6 Å². The van der Waals surface area contributed by atoms with Gasteiger partial charge in [-0.15, -0.1) is 0 Å². The van der Waals surface area contributed by atoms with Crippen molar-refractivity contribution in [2.24, 2.45) is 0 Å². The number of ether oxygens (including phenoxy) is 1. The Morgan fingerprint density at radius 2 is 2.17 bits per heavy atom. The molecule has 0 aliphatic carbocycles. The van der Waals surface area contributed by atoms with Gasteiger partial charge in [0.15, 0.2) is 5.65 Å². The van der Waals surface area contributed by atoms with E-state index in [1.165, 1.54) is 17.2 Å². The molecular formula is C11H13ClN4O2. The van der Waals surface area contributed by atoms with Crippen LogP contribution in [0.3, 0.4) is 0 Å². The summed E-state index contributed by atoms with van der Waals surface area (Å²) in [5.41, 5.74) is -0.00648. The van der Waals surface area contributed by atoms with Crippen LogP contribution in [-0.4, -0.2) is 31.3 Å². The molecule has 2 rings (SSSR count). The zero-order valence-corrected chi connectivity index (χ0v) is 11.1. The highest BCUT2D eigenvalue weighted by molar-refractivity contribution is 6.33. The first kappa shape index (κ1) is 12.8. The number of carbonyl (C=O) groups is 1. The van der Waals surface area contributed by atoms with E-state index in [2.05, 4.69) is 15.1 Å². The van der Waals surface area contributed by atoms with Crippen LogP contribution in [-0.2, 0) is 16.1 Å². The second kappa shape index (κ2) is 4.53. The van der Waals surface area contributed by atoms with E-state index in [0.29, 0.717) is 16.2 Å². The quantitative estimate of drug-likeness (QED) is 0.614. The van der Waals surface area contributed by atoms with E-state index in [-0.39, 0.29) is 12.5 Å². The third-order valence-electron chi connectivity index (χ3n) is 2.08. The summed E-state index contributed by atoms with van der Waals surface area (Å²) in [6, 6.07) is 0. The molecule has 0 radical (unpaired) electrons. The fourth-order valence-electron chi connectivity index (χ4n) is 1.48. The topological polar surface area (TPSA) is 69.9 Å². The van der Waals surface area contributed by atoms with Crippen molar-refractivity contribution in [1.29, 1.82) is 0 Å². The van der Waals surface area contributed by atoms with Gasteiger partial charge in [-0.3, -0.25) is 4.79 Å². The van der Waals surface area contributed by atoms with Crippen LogP contribution in [0.4, 0.5) is 0 Å². The summed E-state index contributed by atoms with van der Waals surface area (Å²) in [6.45, 7) is 5.43. The summed E-state index contributed by atoms with van der Waals surface area (Å²) in [7, 11) is 0. The fraction of sp³-hybridized carbons (Fsp3) is 0.455. The molecule has 0 unspecified atom stereocenters. The van der Waals surface area contributed by atoms with Crippen molar-refractivity contribution < 1.29 is 9.53 Å². The zero-order valence-electron chi connectivity index (χ0n) is 10.3. The van der Waals surface area contributed by atoms with E-state index >= 15 is 0 Å². The van der Waals surface area contributed by atoms with Gasteiger partial charge in [0.1, 0.15) is 23.6 Å². The SMILES string of the molecule is CC(C)(C)OC(=O)Cn1ncc2c(Cl)ncnc21. The van der Waals surface area contributed by atoms with Crippen molar-refractivity contribution in [3.8, 4) is 0 Å². The molecule has 0 saturated carbocycles. The van der Waals surface area contributed by atoms with Crippen molar-refractivity contribution >= 4 is 28.6 Å². The van der Waals surface area contributed by atoms with Crippen molar-refractivity contribution in [3.63, 3.8) is 0 Å². The molecule has 7 heteroatoms. The Labute approximate surface area is 109 Å². The number of esters is 1. The number of carbonyl (C=O) groups excluding carboxylic acids is 1. The van der Waals surface area contributed by atoms with Gasteiger partial charge in [0, 0.05) is 0 Å².